The monoisotopic (exact) mass is 325 g/mol. The quantitative estimate of drug-likeness (QED) is 0.927. The van der Waals surface area contributed by atoms with E-state index in [0.717, 1.165) is 5.76 Å². The van der Waals surface area contributed by atoms with E-state index in [4.69, 9.17) is 4.42 Å². The van der Waals surface area contributed by atoms with Crippen molar-refractivity contribution in [2.24, 2.45) is 0 Å². The summed E-state index contributed by atoms with van der Waals surface area (Å²) in [4.78, 5) is 12.0. The molecule has 0 saturated heterocycles. The van der Waals surface area contributed by atoms with E-state index in [9.17, 15) is 9.18 Å². The molecule has 3 nitrogen and oxygen atoms in total. The number of nitrogens with one attached hydrogen (secondary N) is 1. The minimum Gasteiger partial charge on any atom is -0.464 e. The molecule has 1 unspecified atom stereocenters. The molecule has 0 radical (unpaired) electrons. The molecule has 1 atom stereocenters. The fourth-order valence-corrected chi connectivity index (χ4v) is 2.08. The highest BCUT2D eigenvalue weighted by atomic mass is 79.9. The maximum atomic E-state index is 13.8. The van der Waals surface area contributed by atoms with Crippen LogP contribution in [0.1, 0.15) is 34.8 Å². The standard InChI is InChI=1S/C14H13BrFNO2/c1-8-6-7-12(19-8)9(2)17-14(18)10-4-3-5-11(15)13(10)16/h3-7,9H,1-2H3,(H,17,18). The molecular weight excluding hydrogens is 313 g/mol. The van der Waals surface area contributed by atoms with Crippen LogP contribution in [-0.2, 0) is 0 Å². The van der Waals surface area contributed by atoms with Crippen LogP contribution < -0.4 is 5.32 Å². The lowest BCUT2D eigenvalue weighted by Gasteiger charge is -2.12. The predicted molar refractivity (Wildman–Crippen MR) is 73.4 cm³/mol. The van der Waals surface area contributed by atoms with E-state index >= 15 is 0 Å². The fourth-order valence-electron chi connectivity index (χ4n) is 1.71. The van der Waals surface area contributed by atoms with Gasteiger partial charge in [0, 0.05) is 0 Å². The summed E-state index contributed by atoms with van der Waals surface area (Å²) in [5.74, 6) is 0.370. The maximum Gasteiger partial charge on any atom is 0.254 e. The van der Waals surface area contributed by atoms with Gasteiger partial charge in [0.25, 0.3) is 5.91 Å². The Bertz CT molecular complexity index is 609. The Morgan fingerprint density at radius 2 is 2.11 bits per heavy atom. The van der Waals surface area contributed by atoms with Gasteiger partial charge in [0.05, 0.1) is 16.1 Å². The molecule has 2 rings (SSSR count). The van der Waals surface area contributed by atoms with E-state index < -0.39 is 11.7 Å². The molecule has 0 aliphatic rings. The Labute approximate surface area is 118 Å². The number of amides is 1. The normalized spacial score (nSPS) is 12.2. The van der Waals surface area contributed by atoms with Crippen molar-refractivity contribution >= 4 is 21.8 Å². The topological polar surface area (TPSA) is 42.2 Å². The Morgan fingerprint density at radius 3 is 2.74 bits per heavy atom. The molecule has 2 aromatic rings. The van der Waals surface area contributed by atoms with Crippen molar-refractivity contribution in [1.82, 2.24) is 5.32 Å². The molecule has 0 fully saturated rings. The first-order valence-corrected chi connectivity index (χ1v) is 6.59. The second kappa shape index (κ2) is 5.57. The Balaban J connectivity index is 2.15. The number of carbonyl (C=O) groups excluding carboxylic acids is 1. The number of furan rings is 1. The zero-order chi connectivity index (χ0) is 14.0. The summed E-state index contributed by atoms with van der Waals surface area (Å²) in [5, 5.41) is 2.70. The van der Waals surface area contributed by atoms with Crippen molar-refractivity contribution in [2.45, 2.75) is 19.9 Å². The van der Waals surface area contributed by atoms with Gasteiger partial charge < -0.3 is 9.73 Å². The van der Waals surface area contributed by atoms with Gasteiger partial charge in [-0.05, 0) is 54.0 Å². The van der Waals surface area contributed by atoms with Crippen molar-refractivity contribution in [3.63, 3.8) is 0 Å². The second-order valence-electron chi connectivity index (χ2n) is 4.24. The van der Waals surface area contributed by atoms with Crippen LogP contribution in [-0.4, -0.2) is 5.91 Å². The lowest BCUT2D eigenvalue weighted by atomic mass is 10.1. The second-order valence-corrected chi connectivity index (χ2v) is 5.10. The van der Waals surface area contributed by atoms with Gasteiger partial charge in [-0.1, -0.05) is 6.07 Å². The number of hydrogen-bond acceptors (Lipinski definition) is 2. The molecule has 0 spiro atoms. The highest BCUT2D eigenvalue weighted by Crippen LogP contribution is 2.20. The highest BCUT2D eigenvalue weighted by molar-refractivity contribution is 9.10. The number of rotatable bonds is 3. The fraction of sp³-hybridized carbons (Fsp3) is 0.214. The summed E-state index contributed by atoms with van der Waals surface area (Å²) in [6.45, 7) is 3.61. The third kappa shape index (κ3) is 3.04. The van der Waals surface area contributed by atoms with Gasteiger partial charge in [-0.25, -0.2) is 4.39 Å². The minimum absolute atomic E-state index is 0.00417. The predicted octanol–water partition coefficient (Wildman–Crippen LogP) is 3.98. The smallest absolute Gasteiger partial charge is 0.254 e. The van der Waals surface area contributed by atoms with Crippen LogP contribution >= 0.6 is 15.9 Å². The van der Waals surface area contributed by atoms with E-state index in [2.05, 4.69) is 21.2 Å². The maximum absolute atomic E-state index is 13.8. The zero-order valence-corrected chi connectivity index (χ0v) is 12.1. The number of carbonyl (C=O) groups is 1. The molecule has 1 aromatic heterocycles. The van der Waals surface area contributed by atoms with Crippen LogP contribution in [0.4, 0.5) is 4.39 Å². The molecule has 19 heavy (non-hydrogen) atoms. The molecule has 0 saturated carbocycles. The van der Waals surface area contributed by atoms with Crippen molar-refractivity contribution in [1.29, 1.82) is 0 Å². The molecule has 5 heteroatoms. The first kappa shape index (κ1) is 13.8. The van der Waals surface area contributed by atoms with Crippen LogP contribution in [0.5, 0.6) is 0 Å². The first-order valence-electron chi connectivity index (χ1n) is 5.80. The number of halogens is 2. The van der Waals surface area contributed by atoms with Gasteiger partial charge in [0.1, 0.15) is 17.3 Å². The van der Waals surface area contributed by atoms with Crippen molar-refractivity contribution in [3.05, 3.63) is 57.7 Å². The third-order valence-electron chi connectivity index (χ3n) is 2.73. The van der Waals surface area contributed by atoms with E-state index in [0.29, 0.717) is 5.76 Å². The Morgan fingerprint density at radius 1 is 1.37 bits per heavy atom. The van der Waals surface area contributed by atoms with Crippen LogP contribution in [0.3, 0.4) is 0 Å². The average molecular weight is 326 g/mol. The highest BCUT2D eigenvalue weighted by Gasteiger charge is 2.18. The molecule has 1 heterocycles. The van der Waals surface area contributed by atoms with Gasteiger partial charge in [-0.3, -0.25) is 4.79 Å². The van der Waals surface area contributed by atoms with Gasteiger partial charge in [0.15, 0.2) is 0 Å². The zero-order valence-electron chi connectivity index (χ0n) is 10.5. The van der Waals surface area contributed by atoms with Crippen LogP contribution in [0, 0.1) is 12.7 Å². The molecule has 0 aliphatic heterocycles. The number of benzene rings is 1. The summed E-state index contributed by atoms with van der Waals surface area (Å²) in [5.41, 5.74) is 0.00417. The van der Waals surface area contributed by atoms with E-state index in [1.807, 2.05) is 13.0 Å². The minimum atomic E-state index is -0.567. The summed E-state index contributed by atoms with van der Waals surface area (Å²) in [6.07, 6.45) is 0. The van der Waals surface area contributed by atoms with E-state index in [1.165, 1.54) is 6.07 Å². The van der Waals surface area contributed by atoms with E-state index in [-0.39, 0.29) is 16.1 Å². The Hall–Kier alpha value is -1.62. The van der Waals surface area contributed by atoms with Crippen molar-refractivity contribution in [2.75, 3.05) is 0 Å². The van der Waals surface area contributed by atoms with Gasteiger partial charge in [0.2, 0.25) is 0 Å². The van der Waals surface area contributed by atoms with Crippen LogP contribution in [0.25, 0.3) is 0 Å². The summed E-state index contributed by atoms with van der Waals surface area (Å²) >= 11 is 3.06. The van der Waals surface area contributed by atoms with Crippen LogP contribution in [0.15, 0.2) is 39.2 Å². The first-order chi connectivity index (χ1) is 8.99. The molecule has 1 aromatic carbocycles. The summed E-state index contributed by atoms with van der Waals surface area (Å²) < 4.78 is 19.5. The average Bonchev–Trinajstić information content (AvgIpc) is 2.79. The van der Waals surface area contributed by atoms with Crippen molar-refractivity contribution in [3.8, 4) is 0 Å². The molecule has 100 valence electrons. The molecule has 0 bridgehead atoms. The van der Waals surface area contributed by atoms with Crippen LogP contribution in [0.2, 0.25) is 0 Å². The number of hydrogen-bond donors (Lipinski definition) is 1. The van der Waals surface area contributed by atoms with E-state index in [1.54, 1.807) is 25.1 Å². The SMILES string of the molecule is Cc1ccc(C(C)NC(=O)c2cccc(Br)c2F)o1. The summed E-state index contributed by atoms with van der Waals surface area (Å²) in [7, 11) is 0. The largest absolute Gasteiger partial charge is 0.464 e. The molecule has 0 aliphatic carbocycles. The van der Waals surface area contributed by atoms with Gasteiger partial charge in [-0.2, -0.15) is 0 Å². The molecular formula is C14H13BrFNO2. The van der Waals surface area contributed by atoms with Gasteiger partial charge >= 0.3 is 0 Å². The molecule has 1 N–H and O–H groups in total. The summed E-state index contributed by atoms with van der Waals surface area (Å²) in [6, 6.07) is 7.89. The third-order valence-corrected chi connectivity index (χ3v) is 3.34. The van der Waals surface area contributed by atoms with Crippen molar-refractivity contribution < 1.29 is 13.6 Å². The number of aryl methyl sites for hydroxylation is 1. The molecule has 1 amide bonds. The lowest BCUT2D eigenvalue weighted by Crippen LogP contribution is -2.27. The Kier molecular flexibility index (Phi) is 4.04. The van der Waals surface area contributed by atoms with Gasteiger partial charge in [-0.15, -0.1) is 0 Å². The lowest BCUT2D eigenvalue weighted by molar-refractivity contribution is 0.0931.